The number of azo groups is 1. The number of hydrogen-bond acceptors (Lipinski definition) is 4. The van der Waals surface area contributed by atoms with Crippen molar-refractivity contribution in [2.24, 2.45) is 10.2 Å². The van der Waals surface area contributed by atoms with E-state index in [1.165, 1.54) is 13.3 Å². The molecule has 0 rings (SSSR count). The zero-order valence-corrected chi connectivity index (χ0v) is 7.70. The zero-order chi connectivity index (χ0) is 9.61. The summed E-state index contributed by atoms with van der Waals surface area (Å²) in [6, 6.07) is 0. The zero-order valence-electron chi connectivity index (χ0n) is 7.70. The SMILES string of the molecule is C=CN=NC(C)(C)CC(=O)OC. The molecule has 4 heteroatoms. The Morgan fingerprint density at radius 1 is 1.67 bits per heavy atom. The highest BCUT2D eigenvalue weighted by molar-refractivity contribution is 5.70. The highest BCUT2D eigenvalue weighted by atomic mass is 16.5. The molecule has 0 atom stereocenters. The van der Waals surface area contributed by atoms with Gasteiger partial charge < -0.3 is 4.74 Å². The second-order valence-electron chi connectivity index (χ2n) is 2.96. The summed E-state index contributed by atoms with van der Waals surface area (Å²) in [4.78, 5) is 10.8. The number of esters is 1. The van der Waals surface area contributed by atoms with Crippen LogP contribution in [-0.4, -0.2) is 18.6 Å². The molecule has 0 unspecified atom stereocenters. The van der Waals surface area contributed by atoms with Gasteiger partial charge in [-0.15, -0.1) is 0 Å². The van der Waals surface area contributed by atoms with Crippen LogP contribution in [0.15, 0.2) is 23.0 Å². The molecule has 0 amide bonds. The lowest BCUT2D eigenvalue weighted by atomic mass is 10.0. The molecule has 0 heterocycles. The maximum atomic E-state index is 10.8. The lowest BCUT2D eigenvalue weighted by Gasteiger charge is -2.15. The fraction of sp³-hybridized carbons (Fsp3) is 0.625. The average molecular weight is 170 g/mol. The summed E-state index contributed by atoms with van der Waals surface area (Å²) < 4.78 is 4.50. The van der Waals surface area contributed by atoms with E-state index in [9.17, 15) is 4.79 Å². The predicted octanol–water partition coefficient (Wildman–Crippen LogP) is 1.92. The van der Waals surface area contributed by atoms with Gasteiger partial charge in [0.15, 0.2) is 0 Å². The van der Waals surface area contributed by atoms with Crippen LogP contribution in [0.1, 0.15) is 20.3 Å². The molecular weight excluding hydrogens is 156 g/mol. The Balaban J connectivity index is 4.11. The molecule has 0 fully saturated rings. The van der Waals surface area contributed by atoms with Crippen LogP contribution in [0.3, 0.4) is 0 Å². The summed E-state index contributed by atoms with van der Waals surface area (Å²) in [6.45, 7) is 6.99. The van der Waals surface area contributed by atoms with E-state index in [2.05, 4.69) is 21.5 Å². The molecule has 0 N–H and O–H groups in total. The fourth-order valence-corrected chi connectivity index (χ4v) is 0.658. The van der Waals surface area contributed by atoms with E-state index < -0.39 is 5.54 Å². The van der Waals surface area contributed by atoms with Crippen LogP contribution in [0.4, 0.5) is 0 Å². The second-order valence-corrected chi connectivity index (χ2v) is 2.96. The fourth-order valence-electron chi connectivity index (χ4n) is 0.658. The number of rotatable bonds is 4. The minimum Gasteiger partial charge on any atom is -0.469 e. The Kier molecular flexibility index (Phi) is 4.18. The van der Waals surface area contributed by atoms with E-state index in [1.54, 1.807) is 13.8 Å². The van der Waals surface area contributed by atoms with Gasteiger partial charge in [0.2, 0.25) is 0 Å². The number of nitrogens with zero attached hydrogens (tertiary/aromatic N) is 2. The smallest absolute Gasteiger partial charge is 0.308 e. The van der Waals surface area contributed by atoms with Gasteiger partial charge in [-0.3, -0.25) is 4.79 Å². The average Bonchev–Trinajstić information content (AvgIpc) is 2.00. The van der Waals surface area contributed by atoms with Crippen molar-refractivity contribution in [2.75, 3.05) is 7.11 Å². The third-order valence-electron chi connectivity index (χ3n) is 1.21. The molecule has 0 saturated heterocycles. The highest BCUT2D eigenvalue weighted by Crippen LogP contribution is 2.15. The number of carbonyl (C=O) groups is 1. The van der Waals surface area contributed by atoms with Crippen molar-refractivity contribution < 1.29 is 9.53 Å². The van der Waals surface area contributed by atoms with Gasteiger partial charge in [0.1, 0.15) is 0 Å². The van der Waals surface area contributed by atoms with Gasteiger partial charge in [0, 0.05) is 6.20 Å². The summed E-state index contributed by atoms with van der Waals surface area (Å²) in [7, 11) is 1.35. The van der Waals surface area contributed by atoms with Gasteiger partial charge in [-0.1, -0.05) is 6.58 Å². The molecule has 0 aromatic carbocycles. The number of methoxy groups -OCH3 is 1. The number of hydrogen-bond donors (Lipinski definition) is 0. The first-order chi connectivity index (χ1) is 5.52. The van der Waals surface area contributed by atoms with Crippen molar-refractivity contribution in [3.63, 3.8) is 0 Å². The van der Waals surface area contributed by atoms with E-state index in [4.69, 9.17) is 0 Å². The Hall–Kier alpha value is -1.19. The van der Waals surface area contributed by atoms with Crippen LogP contribution in [0.2, 0.25) is 0 Å². The van der Waals surface area contributed by atoms with Gasteiger partial charge in [-0.2, -0.15) is 10.2 Å². The molecule has 0 spiro atoms. The van der Waals surface area contributed by atoms with E-state index in [0.29, 0.717) is 0 Å². The first-order valence-electron chi connectivity index (χ1n) is 3.61. The van der Waals surface area contributed by atoms with E-state index in [0.717, 1.165) is 0 Å². The van der Waals surface area contributed by atoms with Gasteiger partial charge >= 0.3 is 5.97 Å². The summed E-state index contributed by atoms with van der Waals surface area (Å²) in [5.41, 5.74) is -0.513. The summed E-state index contributed by atoms with van der Waals surface area (Å²) >= 11 is 0. The van der Waals surface area contributed by atoms with Crippen molar-refractivity contribution in [3.05, 3.63) is 12.8 Å². The van der Waals surface area contributed by atoms with Crippen LogP contribution in [-0.2, 0) is 9.53 Å². The molecule has 0 aliphatic heterocycles. The van der Waals surface area contributed by atoms with Crippen molar-refractivity contribution in [1.82, 2.24) is 0 Å². The largest absolute Gasteiger partial charge is 0.469 e. The summed E-state index contributed by atoms with van der Waals surface area (Å²) in [5.74, 6) is -0.289. The van der Waals surface area contributed by atoms with Gasteiger partial charge in [-0.25, -0.2) is 0 Å². The van der Waals surface area contributed by atoms with Crippen molar-refractivity contribution in [3.8, 4) is 0 Å². The minimum absolute atomic E-state index is 0.223. The molecule has 0 aliphatic carbocycles. The Labute approximate surface area is 72.3 Å². The third-order valence-corrected chi connectivity index (χ3v) is 1.21. The molecule has 0 radical (unpaired) electrons. The van der Waals surface area contributed by atoms with Gasteiger partial charge in [0.05, 0.1) is 19.1 Å². The first kappa shape index (κ1) is 10.8. The Bertz CT molecular complexity index is 197. The maximum Gasteiger partial charge on any atom is 0.308 e. The first-order valence-corrected chi connectivity index (χ1v) is 3.61. The highest BCUT2D eigenvalue weighted by Gasteiger charge is 2.21. The normalized spacial score (nSPS) is 11.6. The van der Waals surface area contributed by atoms with E-state index >= 15 is 0 Å². The minimum atomic E-state index is -0.513. The van der Waals surface area contributed by atoms with Gasteiger partial charge in [-0.05, 0) is 13.8 Å². The lowest BCUT2D eigenvalue weighted by Crippen LogP contribution is -2.21. The lowest BCUT2D eigenvalue weighted by molar-refractivity contribution is -0.141. The molecule has 4 nitrogen and oxygen atoms in total. The van der Waals surface area contributed by atoms with Crippen molar-refractivity contribution in [1.29, 1.82) is 0 Å². The molecular formula is C8H14N2O2. The molecule has 0 aromatic heterocycles. The van der Waals surface area contributed by atoms with Crippen LogP contribution < -0.4 is 0 Å². The molecule has 68 valence electrons. The van der Waals surface area contributed by atoms with Crippen LogP contribution in [0.5, 0.6) is 0 Å². The number of ether oxygens (including phenoxy) is 1. The van der Waals surface area contributed by atoms with Crippen LogP contribution in [0, 0.1) is 0 Å². The van der Waals surface area contributed by atoms with E-state index in [-0.39, 0.29) is 12.4 Å². The number of carbonyl (C=O) groups excluding carboxylic acids is 1. The van der Waals surface area contributed by atoms with Crippen LogP contribution >= 0.6 is 0 Å². The third kappa shape index (κ3) is 4.60. The Morgan fingerprint density at radius 3 is 2.67 bits per heavy atom. The van der Waals surface area contributed by atoms with Crippen LogP contribution in [0.25, 0.3) is 0 Å². The molecule has 0 bridgehead atoms. The summed E-state index contributed by atoms with van der Waals surface area (Å²) in [5, 5.41) is 7.48. The standard InChI is InChI=1S/C8H14N2O2/c1-5-9-10-8(2,3)6-7(11)12-4/h5H,1,6H2,2-4H3. The van der Waals surface area contributed by atoms with E-state index in [1.807, 2.05) is 0 Å². The van der Waals surface area contributed by atoms with Gasteiger partial charge in [0.25, 0.3) is 0 Å². The maximum absolute atomic E-state index is 10.8. The molecule has 0 saturated carbocycles. The van der Waals surface area contributed by atoms with Crippen molar-refractivity contribution >= 4 is 5.97 Å². The molecule has 12 heavy (non-hydrogen) atoms. The predicted molar refractivity (Wildman–Crippen MR) is 45.8 cm³/mol. The molecule has 0 aromatic rings. The Morgan fingerprint density at radius 2 is 2.25 bits per heavy atom. The quantitative estimate of drug-likeness (QED) is 0.478. The van der Waals surface area contributed by atoms with Crippen molar-refractivity contribution in [2.45, 2.75) is 25.8 Å². The molecule has 0 aliphatic rings. The second kappa shape index (κ2) is 4.64. The summed E-state index contributed by atoms with van der Waals surface area (Å²) in [6.07, 6.45) is 1.56. The topological polar surface area (TPSA) is 51.0 Å². The monoisotopic (exact) mass is 170 g/mol.